The summed E-state index contributed by atoms with van der Waals surface area (Å²) in [6, 6.07) is 14.5. The molecule has 0 spiro atoms. The van der Waals surface area contributed by atoms with E-state index in [4.69, 9.17) is 5.41 Å². The molecule has 4 rings (SSSR count). The van der Waals surface area contributed by atoms with Crippen molar-refractivity contribution in [3.05, 3.63) is 71.8 Å². The molecular weight excluding hydrogens is 326 g/mol. The lowest BCUT2D eigenvalue weighted by atomic mass is 10.1. The van der Waals surface area contributed by atoms with Gasteiger partial charge in [0.25, 0.3) is 0 Å². The number of allylic oxidation sites excluding steroid dienone is 2. The smallest absolute Gasteiger partial charge is 0.155 e. The van der Waals surface area contributed by atoms with Crippen LogP contribution < -0.4 is 5.32 Å². The summed E-state index contributed by atoms with van der Waals surface area (Å²) < 4.78 is 2.37. The summed E-state index contributed by atoms with van der Waals surface area (Å²) in [6.45, 7) is 0. The first kappa shape index (κ1) is 15.8. The number of fused-ring (bicyclic) bond motifs is 3. The second-order valence-corrected chi connectivity index (χ2v) is 7.03. The van der Waals surface area contributed by atoms with E-state index in [2.05, 4.69) is 58.9 Å². The number of amidine groups is 2. The van der Waals surface area contributed by atoms with Gasteiger partial charge in [0.1, 0.15) is 5.84 Å². The highest BCUT2D eigenvalue weighted by molar-refractivity contribution is 7.26. The van der Waals surface area contributed by atoms with E-state index in [0.29, 0.717) is 5.84 Å². The summed E-state index contributed by atoms with van der Waals surface area (Å²) in [6.07, 6.45) is 8.48. The van der Waals surface area contributed by atoms with Crippen LogP contribution in [0.15, 0.2) is 71.3 Å². The molecule has 2 aromatic carbocycles. The Morgan fingerprint density at radius 1 is 1.08 bits per heavy atom. The zero-order valence-electron chi connectivity index (χ0n) is 14.0. The van der Waals surface area contributed by atoms with Gasteiger partial charge in [0.15, 0.2) is 5.84 Å². The van der Waals surface area contributed by atoms with Crippen molar-refractivity contribution in [3.8, 4) is 0 Å². The molecule has 3 aromatic rings. The van der Waals surface area contributed by atoms with Gasteiger partial charge in [0.2, 0.25) is 0 Å². The van der Waals surface area contributed by atoms with E-state index in [9.17, 15) is 0 Å². The van der Waals surface area contributed by atoms with Gasteiger partial charge in [0, 0.05) is 38.4 Å². The van der Waals surface area contributed by atoms with Crippen LogP contribution in [-0.4, -0.2) is 18.7 Å². The Labute approximate surface area is 150 Å². The minimum Gasteiger partial charge on any atom is -0.373 e. The first-order valence-corrected chi connectivity index (χ1v) is 9.22. The van der Waals surface area contributed by atoms with E-state index < -0.39 is 0 Å². The number of hydrogen-bond donors (Lipinski definition) is 2. The van der Waals surface area contributed by atoms with Crippen molar-refractivity contribution in [1.29, 1.82) is 5.41 Å². The minimum absolute atomic E-state index is 0.293. The first-order valence-electron chi connectivity index (χ1n) is 8.40. The average molecular weight is 345 g/mol. The van der Waals surface area contributed by atoms with Crippen LogP contribution in [0, 0.1) is 5.41 Å². The van der Waals surface area contributed by atoms with Gasteiger partial charge in [-0.1, -0.05) is 48.6 Å². The molecule has 1 aliphatic rings. The zero-order valence-corrected chi connectivity index (χ0v) is 14.9. The molecule has 4 heteroatoms. The highest BCUT2D eigenvalue weighted by Crippen LogP contribution is 2.35. The lowest BCUT2D eigenvalue weighted by Crippen LogP contribution is -2.22. The highest BCUT2D eigenvalue weighted by atomic mass is 32.1. The molecule has 0 unspecified atom stereocenters. The second-order valence-electron chi connectivity index (χ2n) is 5.98. The number of thiophene rings is 1. The second kappa shape index (κ2) is 6.65. The van der Waals surface area contributed by atoms with Crippen LogP contribution >= 0.6 is 11.3 Å². The molecule has 25 heavy (non-hydrogen) atoms. The fourth-order valence-corrected chi connectivity index (χ4v) is 4.38. The van der Waals surface area contributed by atoms with Gasteiger partial charge in [0.05, 0.1) is 0 Å². The van der Waals surface area contributed by atoms with Crippen molar-refractivity contribution in [2.75, 3.05) is 7.05 Å². The molecule has 2 N–H and O–H groups in total. The summed E-state index contributed by atoms with van der Waals surface area (Å²) in [5.74, 6) is 1.04. The largest absolute Gasteiger partial charge is 0.373 e. The topological polar surface area (TPSA) is 48.2 Å². The van der Waals surface area contributed by atoms with Crippen LogP contribution in [0.1, 0.15) is 18.4 Å². The minimum atomic E-state index is 0.293. The first-order chi connectivity index (χ1) is 12.3. The van der Waals surface area contributed by atoms with E-state index in [1.165, 1.54) is 15.5 Å². The third-order valence-corrected chi connectivity index (χ3v) is 5.61. The summed E-state index contributed by atoms with van der Waals surface area (Å²) >= 11 is 1.73. The Hall–Kier alpha value is -2.72. The Bertz CT molecular complexity index is 1050. The lowest BCUT2D eigenvalue weighted by Gasteiger charge is -2.11. The fourth-order valence-electron chi connectivity index (χ4n) is 3.16. The summed E-state index contributed by atoms with van der Waals surface area (Å²) in [4.78, 5) is 4.59. The number of nitrogens with zero attached hydrogens (tertiary/aromatic N) is 1. The maximum Gasteiger partial charge on any atom is 0.155 e. The predicted octanol–water partition coefficient (Wildman–Crippen LogP) is 5.27. The van der Waals surface area contributed by atoms with E-state index in [0.717, 1.165) is 34.5 Å². The van der Waals surface area contributed by atoms with Crippen LogP contribution in [-0.2, 0) is 0 Å². The lowest BCUT2D eigenvalue weighted by molar-refractivity contribution is 1.02. The zero-order chi connectivity index (χ0) is 17.2. The normalized spacial score (nSPS) is 14.8. The van der Waals surface area contributed by atoms with Crippen molar-refractivity contribution in [3.63, 3.8) is 0 Å². The molecule has 0 fully saturated rings. The van der Waals surface area contributed by atoms with Gasteiger partial charge >= 0.3 is 0 Å². The number of aliphatic imine (C=N–C) groups is 1. The molecule has 0 amide bonds. The highest BCUT2D eigenvalue weighted by Gasteiger charge is 2.13. The third kappa shape index (κ3) is 2.89. The monoisotopic (exact) mass is 345 g/mol. The molecular formula is C21H19N3S. The van der Waals surface area contributed by atoms with Crippen LogP contribution in [0.4, 0.5) is 0 Å². The Morgan fingerprint density at radius 3 is 2.72 bits per heavy atom. The van der Waals surface area contributed by atoms with Crippen molar-refractivity contribution in [2.45, 2.75) is 12.8 Å². The molecule has 1 aliphatic carbocycles. The van der Waals surface area contributed by atoms with Crippen molar-refractivity contribution in [1.82, 2.24) is 5.32 Å². The maximum atomic E-state index is 8.57. The molecule has 0 atom stereocenters. The van der Waals surface area contributed by atoms with Gasteiger partial charge in [-0.2, -0.15) is 0 Å². The van der Waals surface area contributed by atoms with Crippen molar-refractivity contribution >= 4 is 43.2 Å². The number of hydrogen-bond acceptors (Lipinski definition) is 2. The molecule has 124 valence electrons. The molecule has 0 saturated heterocycles. The Kier molecular flexibility index (Phi) is 4.20. The maximum absolute atomic E-state index is 8.57. The van der Waals surface area contributed by atoms with Gasteiger partial charge in [-0.05, 0) is 25.0 Å². The molecule has 0 radical (unpaired) electrons. The van der Waals surface area contributed by atoms with Crippen LogP contribution in [0.2, 0.25) is 0 Å². The van der Waals surface area contributed by atoms with E-state index in [1.807, 2.05) is 19.2 Å². The van der Waals surface area contributed by atoms with Crippen LogP contribution in [0.5, 0.6) is 0 Å². The number of benzene rings is 2. The number of likely N-dealkylation sites (N-methyl/N-ethyl adjacent to an activating group) is 1. The van der Waals surface area contributed by atoms with Gasteiger partial charge in [-0.3, -0.25) is 5.41 Å². The van der Waals surface area contributed by atoms with Gasteiger partial charge in [-0.25, -0.2) is 4.99 Å². The number of rotatable bonds is 2. The SMILES string of the molecule is CN/C(=N\C(=N)c1cccc2c1sc1ccccc12)C1=CCCC=C1. The van der Waals surface area contributed by atoms with E-state index >= 15 is 0 Å². The molecule has 1 aromatic heterocycles. The van der Waals surface area contributed by atoms with Gasteiger partial charge in [-0.15, -0.1) is 11.3 Å². The quantitative estimate of drug-likeness (QED) is 0.482. The predicted molar refractivity (Wildman–Crippen MR) is 109 cm³/mol. The fraction of sp³-hybridized carbons (Fsp3) is 0.143. The summed E-state index contributed by atoms with van der Waals surface area (Å²) in [5, 5.41) is 14.1. The number of nitrogens with one attached hydrogen (secondary N) is 2. The average Bonchev–Trinajstić information content (AvgIpc) is 3.05. The summed E-state index contributed by atoms with van der Waals surface area (Å²) in [5.41, 5.74) is 1.94. The molecule has 0 aliphatic heterocycles. The summed E-state index contributed by atoms with van der Waals surface area (Å²) in [7, 11) is 1.86. The third-order valence-electron chi connectivity index (χ3n) is 4.39. The van der Waals surface area contributed by atoms with Crippen LogP contribution in [0.3, 0.4) is 0 Å². The molecule has 3 nitrogen and oxygen atoms in total. The van der Waals surface area contributed by atoms with Crippen molar-refractivity contribution in [2.24, 2.45) is 4.99 Å². The van der Waals surface area contributed by atoms with E-state index in [-0.39, 0.29) is 0 Å². The standard InChI is InChI=1S/C21H19N3S/c1-23-21(14-8-3-2-4-9-14)24-20(22)17-12-7-11-16-15-10-5-6-13-18(15)25-19(16)17/h3,5-13H,2,4H2,1H3,(H2,22,23,24). The van der Waals surface area contributed by atoms with Crippen LogP contribution in [0.25, 0.3) is 20.2 Å². The molecule has 0 saturated carbocycles. The van der Waals surface area contributed by atoms with Gasteiger partial charge < -0.3 is 5.32 Å². The molecule has 1 heterocycles. The molecule has 0 bridgehead atoms. The Morgan fingerprint density at radius 2 is 1.92 bits per heavy atom. The van der Waals surface area contributed by atoms with Crippen molar-refractivity contribution < 1.29 is 0 Å². The Balaban J connectivity index is 1.81. The van der Waals surface area contributed by atoms with E-state index in [1.54, 1.807) is 11.3 Å².